The molecule has 0 bridgehead atoms. The molecule has 0 radical (unpaired) electrons. The van der Waals surface area contributed by atoms with Crippen LogP contribution in [0.3, 0.4) is 0 Å². The van der Waals surface area contributed by atoms with Gasteiger partial charge >= 0.3 is 0 Å². The molecule has 212 valence electrons. The Labute approximate surface area is 249 Å². The van der Waals surface area contributed by atoms with Crippen molar-refractivity contribution in [2.75, 3.05) is 27.3 Å². The third-order valence-corrected chi connectivity index (χ3v) is 10.8. The van der Waals surface area contributed by atoms with Crippen LogP contribution in [0.4, 0.5) is 0 Å². The number of carbonyl (C=O) groups excluding carboxylic acids is 1. The Balaban J connectivity index is 1.59. The summed E-state index contributed by atoms with van der Waals surface area (Å²) in [6.45, 7) is 2.85. The van der Waals surface area contributed by atoms with Crippen LogP contribution in [0.1, 0.15) is 59.3 Å². The Bertz CT molecular complexity index is 1530. The summed E-state index contributed by atoms with van der Waals surface area (Å²) in [6, 6.07) is 15.5. The van der Waals surface area contributed by atoms with E-state index in [2.05, 4.69) is 15.9 Å². The zero-order chi connectivity index (χ0) is 28.6. The van der Waals surface area contributed by atoms with Gasteiger partial charge in [-0.2, -0.15) is 4.31 Å². The van der Waals surface area contributed by atoms with Crippen molar-refractivity contribution in [1.29, 1.82) is 0 Å². The van der Waals surface area contributed by atoms with Gasteiger partial charge in [-0.3, -0.25) is 4.79 Å². The van der Waals surface area contributed by atoms with Crippen LogP contribution in [0.25, 0.3) is 0 Å². The summed E-state index contributed by atoms with van der Waals surface area (Å²) in [5, 5.41) is 0.595. The maximum absolute atomic E-state index is 14.3. The molecule has 10 heteroatoms. The molecule has 2 unspecified atom stereocenters. The molecule has 3 aromatic carbocycles. The van der Waals surface area contributed by atoms with Gasteiger partial charge in [0.1, 0.15) is 0 Å². The Hall–Kier alpha value is -2.59. The van der Waals surface area contributed by atoms with Crippen molar-refractivity contribution in [2.24, 2.45) is 0 Å². The molecule has 2 aliphatic rings. The molecule has 5 rings (SSSR count). The lowest BCUT2D eigenvalue weighted by Crippen LogP contribution is -2.42. The van der Waals surface area contributed by atoms with Crippen molar-refractivity contribution in [3.8, 4) is 11.5 Å². The van der Waals surface area contributed by atoms with E-state index in [1.54, 1.807) is 47.7 Å². The van der Waals surface area contributed by atoms with Crippen LogP contribution < -0.4 is 9.47 Å². The Morgan fingerprint density at radius 1 is 0.975 bits per heavy atom. The highest BCUT2D eigenvalue weighted by molar-refractivity contribution is 9.10. The predicted octanol–water partition coefficient (Wildman–Crippen LogP) is 6.47. The number of methoxy groups -OCH3 is 2. The first-order valence-corrected chi connectivity index (χ1v) is 15.9. The van der Waals surface area contributed by atoms with E-state index < -0.39 is 16.1 Å². The van der Waals surface area contributed by atoms with Crippen LogP contribution >= 0.6 is 27.5 Å². The summed E-state index contributed by atoms with van der Waals surface area (Å²) >= 11 is 9.73. The lowest BCUT2D eigenvalue weighted by atomic mass is 9.87. The molecule has 0 aliphatic carbocycles. The van der Waals surface area contributed by atoms with Gasteiger partial charge < -0.3 is 14.4 Å². The fraction of sp³-hybridized carbons (Fsp3) is 0.367. The van der Waals surface area contributed by atoms with Crippen LogP contribution in [0, 0.1) is 0 Å². The number of halogens is 2. The molecule has 0 spiro atoms. The lowest BCUT2D eigenvalue weighted by molar-refractivity contribution is 0.0693. The third-order valence-electron chi connectivity index (χ3n) is 7.84. The van der Waals surface area contributed by atoms with E-state index in [4.69, 9.17) is 21.1 Å². The minimum absolute atomic E-state index is 0.0820. The van der Waals surface area contributed by atoms with Crippen LogP contribution in [0.15, 0.2) is 64.0 Å². The molecular weight excluding hydrogens is 616 g/mol. The van der Waals surface area contributed by atoms with Crippen LogP contribution in [0.5, 0.6) is 11.5 Å². The van der Waals surface area contributed by atoms with E-state index >= 15 is 0 Å². The fourth-order valence-corrected chi connectivity index (χ4v) is 7.99. The second kappa shape index (κ2) is 11.7. The molecule has 0 N–H and O–H groups in total. The Morgan fingerprint density at radius 3 is 2.35 bits per heavy atom. The number of sulfonamides is 1. The van der Waals surface area contributed by atoms with Gasteiger partial charge in [-0.15, -0.1) is 0 Å². The number of amides is 1. The molecule has 2 heterocycles. The molecule has 3 aromatic rings. The first-order valence-electron chi connectivity index (χ1n) is 13.3. The van der Waals surface area contributed by atoms with Gasteiger partial charge in [0.2, 0.25) is 10.0 Å². The molecule has 2 atom stereocenters. The standard InChI is InChI=1S/C30H32BrClN2O5S/c1-19-6-4-5-14-34(19)40(36,37)23-11-12-26(31)25(17-23)30(35)33-15-13-21-16-27(38-2)28(39-3)18-24(21)29(33)20-7-9-22(32)10-8-20/h7-12,16-19,29H,4-6,13-15H2,1-3H3. The monoisotopic (exact) mass is 646 g/mol. The highest BCUT2D eigenvalue weighted by atomic mass is 79.9. The second-order valence-electron chi connectivity index (χ2n) is 10.2. The smallest absolute Gasteiger partial charge is 0.255 e. The van der Waals surface area contributed by atoms with E-state index in [1.807, 2.05) is 31.2 Å². The molecule has 0 saturated carbocycles. The van der Waals surface area contributed by atoms with Crippen molar-refractivity contribution in [2.45, 2.75) is 49.6 Å². The van der Waals surface area contributed by atoms with Gasteiger partial charge in [-0.1, -0.05) is 30.2 Å². The number of piperidine rings is 1. The number of nitrogens with zero attached hydrogens (tertiary/aromatic N) is 2. The molecule has 0 aromatic heterocycles. The number of ether oxygens (including phenoxy) is 2. The minimum atomic E-state index is -3.75. The number of rotatable bonds is 6. The Morgan fingerprint density at radius 2 is 1.68 bits per heavy atom. The average Bonchev–Trinajstić information content (AvgIpc) is 2.96. The number of fused-ring (bicyclic) bond motifs is 1. The van der Waals surface area contributed by atoms with Gasteiger partial charge in [0.15, 0.2) is 11.5 Å². The molecule has 2 aliphatic heterocycles. The van der Waals surface area contributed by atoms with Gasteiger partial charge in [-0.05, 0) is 101 Å². The normalized spacial score (nSPS) is 19.7. The summed E-state index contributed by atoms with van der Waals surface area (Å²) in [4.78, 5) is 16.2. The fourth-order valence-electron chi connectivity index (χ4n) is 5.72. The molecule has 7 nitrogen and oxygen atoms in total. The maximum atomic E-state index is 14.3. The average molecular weight is 648 g/mol. The molecular formula is C30H32BrClN2O5S. The van der Waals surface area contributed by atoms with Crippen LogP contribution in [-0.4, -0.2) is 56.9 Å². The van der Waals surface area contributed by atoms with Crippen molar-refractivity contribution in [1.82, 2.24) is 9.21 Å². The highest BCUT2D eigenvalue weighted by Crippen LogP contribution is 2.42. The number of carbonyl (C=O) groups is 1. The van der Waals surface area contributed by atoms with Crippen molar-refractivity contribution < 1.29 is 22.7 Å². The largest absolute Gasteiger partial charge is 0.493 e. The maximum Gasteiger partial charge on any atom is 0.255 e. The summed E-state index contributed by atoms with van der Waals surface area (Å²) in [5.41, 5.74) is 3.15. The Kier molecular flexibility index (Phi) is 8.47. The SMILES string of the molecule is COc1cc2c(cc1OC)C(c1ccc(Cl)cc1)N(C(=O)c1cc(S(=O)(=O)N3CCCCC3C)ccc1Br)CC2. The van der Waals surface area contributed by atoms with E-state index in [-0.39, 0.29) is 16.8 Å². The van der Waals surface area contributed by atoms with Gasteiger partial charge in [0, 0.05) is 28.6 Å². The van der Waals surface area contributed by atoms with Crippen LogP contribution in [0.2, 0.25) is 5.02 Å². The number of hydrogen-bond acceptors (Lipinski definition) is 5. The summed E-state index contributed by atoms with van der Waals surface area (Å²) in [7, 11) is -0.571. The van der Waals surface area contributed by atoms with Crippen molar-refractivity contribution >= 4 is 43.5 Å². The molecule has 1 saturated heterocycles. The first kappa shape index (κ1) is 28.9. The van der Waals surface area contributed by atoms with Gasteiger partial charge in [0.25, 0.3) is 5.91 Å². The minimum Gasteiger partial charge on any atom is -0.493 e. The predicted molar refractivity (Wildman–Crippen MR) is 159 cm³/mol. The lowest BCUT2D eigenvalue weighted by Gasteiger charge is -2.38. The quantitative estimate of drug-likeness (QED) is 0.307. The van der Waals surface area contributed by atoms with E-state index in [1.165, 1.54) is 6.07 Å². The number of hydrogen-bond donors (Lipinski definition) is 0. The number of benzene rings is 3. The zero-order valence-corrected chi connectivity index (χ0v) is 25.9. The summed E-state index contributed by atoms with van der Waals surface area (Å²) in [5.74, 6) is 0.930. The van der Waals surface area contributed by atoms with E-state index in [0.29, 0.717) is 46.1 Å². The van der Waals surface area contributed by atoms with Gasteiger partial charge in [-0.25, -0.2) is 8.42 Å². The van der Waals surface area contributed by atoms with Crippen LogP contribution in [-0.2, 0) is 16.4 Å². The summed E-state index contributed by atoms with van der Waals surface area (Å²) < 4.78 is 40.5. The van der Waals surface area contributed by atoms with Gasteiger partial charge in [0.05, 0.1) is 30.7 Å². The topological polar surface area (TPSA) is 76.1 Å². The third kappa shape index (κ3) is 5.36. The molecule has 1 fully saturated rings. The van der Waals surface area contributed by atoms with E-state index in [9.17, 15) is 13.2 Å². The molecule has 1 amide bonds. The first-order chi connectivity index (χ1) is 19.1. The zero-order valence-electron chi connectivity index (χ0n) is 22.7. The summed E-state index contributed by atoms with van der Waals surface area (Å²) in [6.07, 6.45) is 3.27. The molecule has 40 heavy (non-hydrogen) atoms. The highest BCUT2D eigenvalue weighted by Gasteiger charge is 2.36. The van der Waals surface area contributed by atoms with Crippen molar-refractivity contribution in [3.05, 3.63) is 86.3 Å². The second-order valence-corrected chi connectivity index (χ2v) is 13.4. The van der Waals surface area contributed by atoms with Crippen molar-refractivity contribution in [3.63, 3.8) is 0 Å². The van der Waals surface area contributed by atoms with E-state index in [0.717, 1.165) is 36.0 Å².